The van der Waals surface area contributed by atoms with E-state index in [1.165, 1.54) is 0 Å². The lowest BCUT2D eigenvalue weighted by atomic mass is 10.0. The van der Waals surface area contributed by atoms with Crippen molar-refractivity contribution in [2.75, 3.05) is 13.6 Å². The lowest BCUT2D eigenvalue weighted by Gasteiger charge is -2.22. The monoisotopic (exact) mass is 220 g/mol. The number of alkyl halides is 2. The van der Waals surface area contributed by atoms with Crippen molar-refractivity contribution in [2.45, 2.75) is 18.8 Å². The third-order valence-corrected chi connectivity index (χ3v) is 3.76. The van der Waals surface area contributed by atoms with E-state index >= 15 is 0 Å². The van der Waals surface area contributed by atoms with Crippen molar-refractivity contribution >= 4 is 17.3 Å². The predicted octanol–water partition coefficient (Wildman–Crippen LogP) is 1.45. The molecule has 2 N–H and O–H groups in total. The molecule has 2 saturated carbocycles. The first kappa shape index (κ1) is 10.1. The normalized spacial score (nSPS) is 37.8. The highest BCUT2D eigenvalue weighted by atomic mass is 32.1. The van der Waals surface area contributed by atoms with Crippen LogP contribution in [0.25, 0.3) is 0 Å². The van der Waals surface area contributed by atoms with Gasteiger partial charge in [-0.1, -0.05) is 0 Å². The van der Waals surface area contributed by atoms with Gasteiger partial charge in [0.15, 0.2) is 5.11 Å². The van der Waals surface area contributed by atoms with Crippen LogP contribution < -0.4 is 5.73 Å². The second kappa shape index (κ2) is 3.02. The van der Waals surface area contributed by atoms with Crippen LogP contribution in [-0.4, -0.2) is 29.5 Å². The van der Waals surface area contributed by atoms with Gasteiger partial charge in [0, 0.05) is 25.4 Å². The summed E-state index contributed by atoms with van der Waals surface area (Å²) in [5.74, 6) is -2.73. The number of fused-ring (bicyclic) bond motifs is 1. The molecule has 2 rings (SSSR count). The Hall–Kier alpha value is -0.450. The van der Waals surface area contributed by atoms with E-state index in [1.54, 1.807) is 4.90 Å². The van der Waals surface area contributed by atoms with Crippen molar-refractivity contribution in [3.8, 4) is 0 Å². The second-order valence-corrected chi connectivity index (χ2v) is 4.86. The summed E-state index contributed by atoms with van der Waals surface area (Å²) in [4.78, 5) is 1.77. The topological polar surface area (TPSA) is 29.3 Å². The number of nitrogens with zero attached hydrogens (tertiary/aromatic N) is 1. The number of hydrogen-bond donors (Lipinski definition) is 1. The molecule has 0 aliphatic heterocycles. The molecule has 0 aromatic rings. The molecule has 14 heavy (non-hydrogen) atoms. The van der Waals surface area contributed by atoms with Crippen molar-refractivity contribution in [1.29, 1.82) is 0 Å². The van der Waals surface area contributed by atoms with Crippen LogP contribution >= 0.6 is 12.2 Å². The van der Waals surface area contributed by atoms with Gasteiger partial charge in [-0.05, 0) is 31.0 Å². The van der Waals surface area contributed by atoms with E-state index < -0.39 is 5.92 Å². The summed E-state index contributed by atoms with van der Waals surface area (Å²) in [5, 5.41) is 0.345. The lowest BCUT2D eigenvalue weighted by Crippen LogP contribution is -2.35. The molecule has 0 spiro atoms. The van der Waals surface area contributed by atoms with E-state index in [9.17, 15) is 8.78 Å². The summed E-state index contributed by atoms with van der Waals surface area (Å²) in [7, 11) is 1.81. The third kappa shape index (κ3) is 1.47. The van der Waals surface area contributed by atoms with Gasteiger partial charge in [-0.25, -0.2) is 8.78 Å². The van der Waals surface area contributed by atoms with Crippen molar-refractivity contribution in [1.82, 2.24) is 4.90 Å². The van der Waals surface area contributed by atoms with Crippen LogP contribution in [0.1, 0.15) is 12.8 Å². The summed E-state index contributed by atoms with van der Waals surface area (Å²) < 4.78 is 25.7. The highest BCUT2D eigenvalue weighted by molar-refractivity contribution is 7.80. The maximum atomic E-state index is 12.8. The Morgan fingerprint density at radius 2 is 2.00 bits per heavy atom. The number of rotatable bonds is 2. The molecule has 0 saturated heterocycles. The van der Waals surface area contributed by atoms with Crippen LogP contribution in [0.3, 0.4) is 0 Å². The van der Waals surface area contributed by atoms with Gasteiger partial charge in [0.1, 0.15) is 0 Å². The Bertz CT molecular complexity index is 256. The van der Waals surface area contributed by atoms with Crippen molar-refractivity contribution in [3.05, 3.63) is 0 Å². The summed E-state index contributed by atoms with van der Waals surface area (Å²) in [6.07, 6.45) is 1.26. The van der Waals surface area contributed by atoms with Gasteiger partial charge in [-0.15, -0.1) is 0 Å². The molecule has 2 aliphatic rings. The summed E-state index contributed by atoms with van der Waals surface area (Å²) >= 11 is 4.79. The van der Waals surface area contributed by atoms with Gasteiger partial charge in [0.25, 0.3) is 5.92 Å². The molecule has 0 amide bonds. The molecule has 2 unspecified atom stereocenters. The first-order valence-electron chi connectivity index (χ1n) is 4.81. The standard InChI is InChI=1S/C9H14F2N2S/c1-13(8(12)14)4-5-2-6-7(3-5)9(6,10)11/h5-7H,2-4H2,1H3,(H2,12,14). The van der Waals surface area contributed by atoms with Gasteiger partial charge in [0.05, 0.1) is 0 Å². The van der Waals surface area contributed by atoms with Gasteiger partial charge < -0.3 is 10.6 Å². The van der Waals surface area contributed by atoms with Crippen LogP contribution in [0.5, 0.6) is 0 Å². The summed E-state index contributed by atoms with van der Waals surface area (Å²) in [6, 6.07) is 0. The van der Waals surface area contributed by atoms with Crippen LogP contribution in [0, 0.1) is 17.8 Å². The number of thiocarbonyl (C=S) groups is 1. The molecule has 0 radical (unpaired) electrons. The van der Waals surface area contributed by atoms with Gasteiger partial charge in [-0.2, -0.15) is 0 Å². The first-order chi connectivity index (χ1) is 6.43. The van der Waals surface area contributed by atoms with Crippen LogP contribution in [0.2, 0.25) is 0 Å². The maximum Gasteiger partial charge on any atom is 0.254 e. The molecule has 5 heteroatoms. The number of nitrogens with two attached hydrogens (primary N) is 1. The van der Waals surface area contributed by atoms with E-state index in [1.807, 2.05) is 7.05 Å². The molecule has 2 nitrogen and oxygen atoms in total. The fourth-order valence-electron chi connectivity index (χ4n) is 2.54. The summed E-state index contributed by atoms with van der Waals surface area (Å²) in [6.45, 7) is 0.721. The Labute approximate surface area is 87.4 Å². The smallest absolute Gasteiger partial charge is 0.254 e. The molecule has 2 atom stereocenters. The molecule has 80 valence electrons. The minimum atomic E-state index is -2.36. The van der Waals surface area contributed by atoms with E-state index in [0.717, 1.165) is 6.54 Å². The van der Waals surface area contributed by atoms with Gasteiger partial charge in [-0.3, -0.25) is 0 Å². The Balaban J connectivity index is 1.81. The quantitative estimate of drug-likeness (QED) is 0.714. The number of hydrogen-bond acceptors (Lipinski definition) is 1. The third-order valence-electron chi connectivity index (χ3n) is 3.45. The zero-order valence-electron chi connectivity index (χ0n) is 8.04. The van der Waals surface area contributed by atoms with Crippen LogP contribution in [0.4, 0.5) is 8.78 Å². The van der Waals surface area contributed by atoms with Crippen molar-refractivity contribution in [3.63, 3.8) is 0 Å². The SMILES string of the molecule is CN(CC1CC2C(C1)C2(F)F)C(N)=S. The molecule has 0 heterocycles. The zero-order chi connectivity index (χ0) is 10.5. The summed E-state index contributed by atoms with van der Waals surface area (Å²) in [5.41, 5.74) is 5.42. The largest absolute Gasteiger partial charge is 0.376 e. The first-order valence-corrected chi connectivity index (χ1v) is 5.22. The average Bonchev–Trinajstić information content (AvgIpc) is 2.51. The molecular formula is C9H14F2N2S. The van der Waals surface area contributed by atoms with E-state index in [4.69, 9.17) is 18.0 Å². The number of halogens is 2. The second-order valence-electron chi connectivity index (χ2n) is 4.44. The van der Waals surface area contributed by atoms with Crippen molar-refractivity contribution in [2.24, 2.45) is 23.5 Å². The van der Waals surface area contributed by atoms with Crippen LogP contribution in [-0.2, 0) is 0 Å². The lowest BCUT2D eigenvalue weighted by molar-refractivity contribution is 0.0621. The van der Waals surface area contributed by atoms with Crippen LogP contribution in [0.15, 0.2) is 0 Å². The van der Waals surface area contributed by atoms with Crippen molar-refractivity contribution < 1.29 is 8.78 Å². The Kier molecular flexibility index (Phi) is 2.17. The Morgan fingerprint density at radius 3 is 2.43 bits per heavy atom. The predicted molar refractivity (Wildman–Crippen MR) is 54.1 cm³/mol. The highest BCUT2D eigenvalue weighted by Gasteiger charge is 2.71. The Morgan fingerprint density at radius 1 is 1.50 bits per heavy atom. The maximum absolute atomic E-state index is 12.8. The zero-order valence-corrected chi connectivity index (χ0v) is 8.86. The van der Waals surface area contributed by atoms with E-state index in [2.05, 4.69) is 0 Å². The molecule has 2 aliphatic carbocycles. The highest BCUT2D eigenvalue weighted by Crippen LogP contribution is 2.65. The fourth-order valence-corrected chi connectivity index (χ4v) is 2.62. The van der Waals surface area contributed by atoms with E-state index in [-0.39, 0.29) is 11.8 Å². The minimum absolute atomic E-state index is 0.344. The molecule has 0 aromatic heterocycles. The molecule has 0 aromatic carbocycles. The molecule has 2 fully saturated rings. The molecular weight excluding hydrogens is 206 g/mol. The van der Waals surface area contributed by atoms with E-state index in [0.29, 0.717) is 23.9 Å². The van der Waals surface area contributed by atoms with Gasteiger partial charge in [0.2, 0.25) is 0 Å². The average molecular weight is 220 g/mol. The van der Waals surface area contributed by atoms with Gasteiger partial charge >= 0.3 is 0 Å². The minimum Gasteiger partial charge on any atom is -0.376 e. The fraction of sp³-hybridized carbons (Fsp3) is 0.889. The molecule has 0 bridgehead atoms.